The number of amides is 1. The van der Waals surface area contributed by atoms with Gasteiger partial charge in [0.15, 0.2) is 0 Å². The molecule has 2 aliphatic rings. The van der Waals surface area contributed by atoms with Gasteiger partial charge in [-0.1, -0.05) is 36.4 Å². The van der Waals surface area contributed by atoms with E-state index < -0.39 is 15.3 Å². The van der Waals surface area contributed by atoms with Crippen molar-refractivity contribution < 1.29 is 13.2 Å². The Balaban J connectivity index is 1.51. The molecule has 2 aromatic rings. The number of hydrogen-bond donors (Lipinski definition) is 0. The van der Waals surface area contributed by atoms with E-state index in [1.54, 1.807) is 11.2 Å². The molecule has 2 heterocycles. The predicted molar refractivity (Wildman–Crippen MR) is 128 cm³/mol. The van der Waals surface area contributed by atoms with E-state index in [9.17, 15) is 13.2 Å². The molecule has 0 aliphatic carbocycles. The van der Waals surface area contributed by atoms with Gasteiger partial charge in [-0.15, -0.1) is 0 Å². The van der Waals surface area contributed by atoms with Crippen molar-refractivity contribution in [3.05, 3.63) is 65.2 Å². The zero-order chi connectivity index (χ0) is 22.9. The number of piperazine rings is 1. The highest BCUT2D eigenvalue weighted by molar-refractivity contribution is 7.89. The van der Waals surface area contributed by atoms with Crippen LogP contribution in [0.25, 0.3) is 0 Å². The summed E-state index contributed by atoms with van der Waals surface area (Å²) in [7, 11) is -3.44. The molecule has 2 unspecified atom stereocenters. The lowest BCUT2D eigenvalue weighted by molar-refractivity contribution is -0.129. The molecule has 0 aromatic heterocycles. The molecule has 1 amide bonds. The number of hydrogen-bond acceptors (Lipinski definition) is 4. The van der Waals surface area contributed by atoms with E-state index in [1.165, 1.54) is 0 Å². The van der Waals surface area contributed by atoms with Gasteiger partial charge in [0, 0.05) is 51.4 Å². The molecule has 172 valence electrons. The number of carbonyl (C=O) groups excluding carboxylic acids is 1. The molecule has 0 bridgehead atoms. The summed E-state index contributed by atoms with van der Waals surface area (Å²) in [4.78, 5) is 15.7. The van der Waals surface area contributed by atoms with Crippen LogP contribution in [0.1, 0.15) is 48.6 Å². The van der Waals surface area contributed by atoms with Gasteiger partial charge in [-0.25, -0.2) is 8.42 Å². The van der Waals surface area contributed by atoms with Gasteiger partial charge in [-0.3, -0.25) is 4.79 Å². The molecule has 2 aliphatic heterocycles. The fraction of sp³-hybridized carbons (Fsp3) is 0.480. The van der Waals surface area contributed by atoms with E-state index >= 15 is 0 Å². The summed E-state index contributed by atoms with van der Waals surface area (Å²) in [6.07, 6.45) is 1.52. The van der Waals surface area contributed by atoms with Gasteiger partial charge in [0.1, 0.15) is 5.25 Å². The van der Waals surface area contributed by atoms with Crippen LogP contribution < -0.4 is 4.90 Å². The largest absolute Gasteiger partial charge is 0.368 e. The topological polar surface area (TPSA) is 60.9 Å². The predicted octanol–water partition coefficient (Wildman–Crippen LogP) is 3.72. The van der Waals surface area contributed by atoms with Crippen LogP contribution in [0.3, 0.4) is 0 Å². The average Bonchev–Trinajstić information content (AvgIpc) is 2.78. The molecule has 32 heavy (non-hydrogen) atoms. The highest BCUT2D eigenvalue weighted by Crippen LogP contribution is 2.38. The first-order valence-corrected chi connectivity index (χ1v) is 12.9. The van der Waals surface area contributed by atoms with Crippen LogP contribution >= 0.6 is 0 Å². The van der Waals surface area contributed by atoms with Gasteiger partial charge in [-0.2, -0.15) is 4.31 Å². The number of anilines is 1. The lowest BCUT2D eigenvalue weighted by Gasteiger charge is -2.38. The summed E-state index contributed by atoms with van der Waals surface area (Å²) in [5.74, 6) is 0.127. The van der Waals surface area contributed by atoms with Crippen LogP contribution in [-0.2, 0) is 21.4 Å². The van der Waals surface area contributed by atoms with E-state index in [0.29, 0.717) is 13.0 Å². The summed E-state index contributed by atoms with van der Waals surface area (Å²) in [5.41, 5.74) is 4.15. The molecular weight excluding hydrogens is 422 g/mol. The Hall–Kier alpha value is -2.38. The molecular formula is C25H33N3O3S. The summed E-state index contributed by atoms with van der Waals surface area (Å²) in [6, 6.07) is 15.9. The van der Waals surface area contributed by atoms with Crippen molar-refractivity contribution in [3.8, 4) is 0 Å². The molecule has 7 heteroatoms. The number of sulfonamides is 1. The minimum atomic E-state index is -3.44. The van der Waals surface area contributed by atoms with Crippen molar-refractivity contribution in [1.29, 1.82) is 0 Å². The van der Waals surface area contributed by atoms with Gasteiger partial charge < -0.3 is 9.80 Å². The standard InChI is InChI=1S/C25H33N3O3S/c1-19-17-24(27-15-13-26(14-16-27)21(3)29)11-10-23(19)18-28-20(2)9-12-25(32(28,30)31)22-7-5-4-6-8-22/h4-8,10-11,17,20,25H,9,12-16,18H2,1-3H3. The van der Waals surface area contributed by atoms with Gasteiger partial charge in [0.25, 0.3) is 0 Å². The third-order valence-electron chi connectivity index (χ3n) is 6.94. The molecule has 0 N–H and O–H groups in total. The van der Waals surface area contributed by atoms with Gasteiger partial charge in [-0.05, 0) is 55.5 Å². The van der Waals surface area contributed by atoms with Crippen LogP contribution in [0.15, 0.2) is 48.5 Å². The smallest absolute Gasteiger partial charge is 0.221 e. The minimum Gasteiger partial charge on any atom is -0.368 e. The van der Waals surface area contributed by atoms with Crippen LogP contribution in [0.5, 0.6) is 0 Å². The maximum atomic E-state index is 13.5. The second-order valence-electron chi connectivity index (χ2n) is 9.02. The van der Waals surface area contributed by atoms with Gasteiger partial charge in [0.2, 0.25) is 15.9 Å². The van der Waals surface area contributed by atoms with E-state index in [0.717, 1.165) is 55.0 Å². The molecule has 6 nitrogen and oxygen atoms in total. The second-order valence-corrected chi connectivity index (χ2v) is 11.1. The summed E-state index contributed by atoms with van der Waals surface area (Å²) in [5, 5.41) is -0.475. The highest BCUT2D eigenvalue weighted by atomic mass is 32.2. The first kappa shape index (κ1) is 22.8. The lowest BCUT2D eigenvalue weighted by atomic mass is 10.0. The second kappa shape index (κ2) is 9.24. The molecule has 2 fully saturated rings. The Bertz CT molecular complexity index is 1060. The highest BCUT2D eigenvalue weighted by Gasteiger charge is 2.40. The van der Waals surface area contributed by atoms with Crippen molar-refractivity contribution in [1.82, 2.24) is 9.21 Å². The van der Waals surface area contributed by atoms with Crippen LogP contribution in [0, 0.1) is 6.92 Å². The van der Waals surface area contributed by atoms with Crippen molar-refractivity contribution >= 4 is 21.6 Å². The molecule has 2 saturated heterocycles. The summed E-state index contributed by atoms with van der Waals surface area (Å²) < 4.78 is 28.7. The zero-order valence-electron chi connectivity index (χ0n) is 19.2. The number of carbonyl (C=O) groups is 1. The van der Waals surface area contributed by atoms with E-state index in [-0.39, 0.29) is 11.9 Å². The van der Waals surface area contributed by atoms with Crippen molar-refractivity contribution in [2.45, 2.75) is 51.4 Å². The van der Waals surface area contributed by atoms with Gasteiger partial charge >= 0.3 is 0 Å². The first-order valence-electron chi connectivity index (χ1n) is 11.4. The maximum absolute atomic E-state index is 13.5. The van der Waals surface area contributed by atoms with Crippen LogP contribution in [0.2, 0.25) is 0 Å². The maximum Gasteiger partial charge on any atom is 0.221 e. The zero-order valence-corrected chi connectivity index (χ0v) is 20.0. The number of benzene rings is 2. The average molecular weight is 456 g/mol. The Labute approximate surface area is 191 Å². The molecule has 4 rings (SSSR count). The number of rotatable bonds is 4. The molecule has 0 spiro atoms. The molecule has 0 radical (unpaired) electrons. The molecule has 2 aromatic carbocycles. The monoisotopic (exact) mass is 455 g/mol. The fourth-order valence-corrected chi connectivity index (χ4v) is 7.04. The quantitative estimate of drug-likeness (QED) is 0.705. The Morgan fingerprint density at radius 2 is 1.69 bits per heavy atom. The van der Waals surface area contributed by atoms with Gasteiger partial charge in [0.05, 0.1) is 0 Å². The van der Waals surface area contributed by atoms with Crippen LogP contribution in [0.4, 0.5) is 5.69 Å². The summed E-state index contributed by atoms with van der Waals surface area (Å²) >= 11 is 0. The van der Waals surface area contributed by atoms with E-state index in [2.05, 4.69) is 30.0 Å². The lowest BCUT2D eigenvalue weighted by Crippen LogP contribution is -2.48. The third kappa shape index (κ3) is 4.55. The third-order valence-corrected chi connectivity index (χ3v) is 9.31. The Morgan fingerprint density at radius 1 is 1.00 bits per heavy atom. The fourth-order valence-electron chi connectivity index (χ4n) is 4.85. The normalized spacial score (nSPS) is 23.8. The Kier molecular flexibility index (Phi) is 6.58. The Morgan fingerprint density at radius 3 is 2.31 bits per heavy atom. The van der Waals surface area contributed by atoms with Crippen molar-refractivity contribution in [2.75, 3.05) is 31.1 Å². The number of nitrogens with zero attached hydrogens (tertiary/aromatic N) is 3. The van der Waals surface area contributed by atoms with Crippen molar-refractivity contribution in [2.24, 2.45) is 0 Å². The minimum absolute atomic E-state index is 0.0151. The first-order chi connectivity index (χ1) is 15.3. The van der Waals surface area contributed by atoms with E-state index in [4.69, 9.17) is 0 Å². The molecule has 0 saturated carbocycles. The van der Waals surface area contributed by atoms with Crippen LogP contribution in [-0.4, -0.2) is 55.8 Å². The summed E-state index contributed by atoms with van der Waals surface area (Å²) in [6.45, 7) is 9.19. The van der Waals surface area contributed by atoms with Crippen molar-refractivity contribution in [3.63, 3.8) is 0 Å². The number of aryl methyl sites for hydroxylation is 1. The molecule has 2 atom stereocenters. The van der Waals surface area contributed by atoms with E-state index in [1.807, 2.05) is 42.2 Å². The SMILES string of the molecule is CC(=O)N1CCN(c2ccc(CN3C(C)CCC(c4ccccc4)S3(=O)=O)c(C)c2)CC1.